The smallest absolute Gasteiger partial charge is 0.161 e. The molecule has 0 unspecified atom stereocenters. The Balaban J connectivity index is 2.11. The highest BCUT2D eigenvalue weighted by Crippen LogP contribution is 2.39. The summed E-state index contributed by atoms with van der Waals surface area (Å²) in [5.41, 5.74) is 7.16. The van der Waals surface area contributed by atoms with Gasteiger partial charge in [-0.25, -0.2) is 9.98 Å². The van der Waals surface area contributed by atoms with E-state index in [1.54, 1.807) is 25.4 Å². The molecule has 0 fully saturated rings. The zero-order valence-electron chi connectivity index (χ0n) is 13.1. The van der Waals surface area contributed by atoms with Gasteiger partial charge in [0, 0.05) is 35.8 Å². The number of nitrogen functional groups attached to an aromatic ring is 1. The second kappa shape index (κ2) is 6.78. The summed E-state index contributed by atoms with van der Waals surface area (Å²) in [6.45, 7) is 0. The second-order valence-corrected chi connectivity index (χ2v) is 4.97. The summed E-state index contributed by atoms with van der Waals surface area (Å²) in [7, 11) is 1.73. The van der Waals surface area contributed by atoms with Gasteiger partial charge in [-0.15, -0.1) is 0 Å². The van der Waals surface area contributed by atoms with Crippen molar-refractivity contribution in [3.8, 4) is 11.5 Å². The number of nitrogens with one attached hydrogen (secondary N) is 1. The fourth-order valence-electron chi connectivity index (χ4n) is 2.43. The van der Waals surface area contributed by atoms with Gasteiger partial charge in [0.15, 0.2) is 17.9 Å². The third-order valence-electron chi connectivity index (χ3n) is 3.53. The van der Waals surface area contributed by atoms with Gasteiger partial charge < -0.3 is 15.8 Å². The fourth-order valence-corrected chi connectivity index (χ4v) is 2.43. The Hall–Kier alpha value is -3.41. The Morgan fingerprint density at radius 1 is 1.12 bits per heavy atom. The summed E-state index contributed by atoms with van der Waals surface area (Å²) in [4.78, 5) is 18.9. The maximum Gasteiger partial charge on any atom is 0.161 e. The van der Waals surface area contributed by atoms with E-state index in [2.05, 4.69) is 15.3 Å². The highest BCUT2D eigenvalue weighted by atomic mass is 16.5. The third-order valence-corrected chi connectivity index (χ3v) is 3.53. The van der Waals surface area contributed by atoms with E-state index in [1.807, 2.05) is 30.3 Å². The molecule has 0 spiro atoms. The number of benzene rings is 2. The van der Waals surface area contributed by atoms with E-state index < -0.39 is 0 Å². The van der Waals surface area contributed by atoms with Gasteiger partial charge in [0.05, 0.1) is 6.21 Å². The predicted octanol–water partition coefficient (Wildman–Crippen LogP) is 3.55. The third kappa shape index (κ3) is 2.89. The van der Waals surface area contributed by atoms with E-state index in [0.717, 1.165) is 17.0 Å². The van der Waals surface area contributed by atoms with E-state index in [1.165, 1.54) is 0 Å². The van der Waals surface area contributed by atoms with Crippen LogP contribution in [-0.4, -0.2) is 24.5 Å². The lowest BCUT2D eigenvalue weighted by Crippen LogP contribution is -1.96. The molecule has 3 aromatic rings. The molecule has 3 N–H and O–H groups in total. The van der Waals surface area contributed by atoms with Crippen LogP contribution in [-0.2, 0) is 4.79 Å². The average Bonchev–Trinajstić information content (AvgIpc) is 2.63. The van der Waals surface area contributed by atoms with E-state index >= 15 is 0 Å². The number of fused-ring (bicyclic) bond motifs is 1. The van der Waals surface area contributed by atoms with Gasteiger partial charge in [0.2, 0.25) is 0 Å². The molecule has 0 aliphatic carbocycles. The topological polar surface area (TPSA) is 89.6 Å². The summed E-state index contributed by atoms with van der Waals surface area (Å²) < 4.78 is 6.05. The summed E-state index contributed by atoms with van der Waals surface area (Å²) in [5.74, 6) is 1.66. The minimum Gasteiger partial charge on any atom is -0.454 e. The predicted molar refractivity (Wildman–Crippen MR) is 96.4 cm³/mol. The monoisotopic (exact) mass is 320 g/mol. The molecule has 0 saturated carbocycles. The number of hydrogen-bond donors (Lipinski definition) is 2. The number of pyridine rings is 1. The zero-order chi connectivity index (χ0) is 16.9. The maximum absolute atomic E-state index is 10.6. The first-order valence-corrected chi connectivity index (χ1v) is 7.34. The van der Waals surface area contributed by atoms with E-state index in [4.69, 9.17) is 10.5 Å². The molecular formula is C18H16N4O2. The minimum absolute atomic E-state index is 0.452. The summed E-state index contributed by atoms with van der Waals surface area (Å²) in [6.07, 6.45) is 3.38. The number of carbonyl (C=O) groups is 1. The number of nitrogens with zero attached hydrogens (tertiary/aromatic N) is 2. The maximum atomic E-state index is 10.6. The van der Waals surface area contributed by atoms with Crippen molar-refractivity contribution in [2.45, 2.75) is 0 Å². The van der Waals surface area contributed by atoms with Crippen molar-refractivity contribution >= 4 is 40.5 Å². The summed E-state index contributed by atoms with van der Waals surface area (Å²) >= 11 is 0. The number of carbonyl (C=O) groups excluding carboxylic acids is 1. The molecule has 0 aliphatic rings. The van der Waals surface area contributed by atoms with Crippen LogP contribution < -0.4 is 15.8 Å². The molecule has 1 heterocycles. The van der Waals surface area contributed by atoms with E-state index in [0.29, 0.717) is 35.0 Å². The minimum atomic E-state index is 0.452. The molecule has 6 nitrogen and oxygen atoms in total. The molecule has 0 bridgehead atoms. The molecule has 3 rings (SSSR count). The van der Waals surface area contributed by atoms with Crippen LogP contribution >= 0.6 is 0 Å². The van der Waals surface area contributed by atoms with Gasteiger partial charge in [0.1, 0.15) is 11.4 Å². The SMILES string of the molecule is CNc1nccc(Oc2ccc(N)c3ccccc23)c1N=CC=O. The standard InChI is InChI=1S/C18H16N4O2/c1-20-18-17(21-10-11-23)16(8-9-22-18)24-15-7-6-14(19)12-4-2-3-5-13(12)15/h2-11H,19H2,1H3,(H,20,22). The number of anilines is 2. The largest absolute Gasteiger partial charge is 0.454 e. The number of aromatic nitrogens is 1. The van der Waals surface area contributed by atoms with Crippen molar-refractivity contribution in [3.05, 3.63) is 48.7 Å². The van der Waals surface area contributed by atoms with Crippen LogP contribution in [0.2, 0.25) is 0 Å². The molecule has 0 amide bonds. The number of ether oxygens (including phenoxy) is 1. The van der Waals surface area contributed by atoms with Crippen LogP contribution in [0.1, 0.15) is 0 Å². The highest BCUT2D eigenvalue weighted by molar-refractivity contribution is 6.14. The van der Waals surface area contributed by atoms with Crippen LogP contribution in [0.15, 0.2) is 53.7 Å². The highest BCUT2D eigenvalue weighted by Gasteiger charge is 2.12. The Bertz CT molecular complexity index is 922. The summed E-state index contributed by atoms with van der Waals surface area (Å²) in [5, 5.41) is 4.74. The lowest BCUT2D eigenvalue weighted by molar-refractivity contribution is -0.102. The van der Waals surface area contributed by atoms with Crippen molar-refractivity contribution in [1.29, 1.82) is 0 Å². The van der Waals surface area contributed by atoms with Gasteiger partial charge in [-0.05, 0) is 12.1 Å². The average molecular weight is 320 g/mol. The number of hydrogen-bond acceptors (Lipinski definition) is 6. The van der Waals surface area contributed by atoms with Crippen molar-refractivity contribution in [3.63, 3.8) is 0 Å². The lowest BCUT2D eigenvalue weighted by Gasteiger charge is -2.13. The first kappa shape index (κ1) is 15.5. The lowest BCUT2D eigenvalue weighted by atomic mass is 10.1. The molecule has 24 heavy (non-hydrogen) atoms. The van der Waals surface area contributed by atoms with Gasteiger partial charge in [-0.3, -0.25) is 4.79 Å². The number of aliphatic imine (C=N–C) groups is 1. The van der Waals surface area contributed by atoms with Crippen LogP contribution in [0.3, 0.4) is 0 Å². The Kier molecular flexibility index (Phi) is 4.38. The van der Waals surface area contributed by atoms with Crippen molar-refractivity contribution in [2.24, 2.45) is 4.99 Å². The van der Waals surface area contributed by atoms with E-state index in [-0.39, 0.29) is 0 Å². The normalized spacial score (nSPS) is 10.9. The molecule has 2 aromatic carbocycles. The molecular weight excluding hydrogens is 304 g/mol. The molecule has 1 aromatic heterocycles. The first-order chi connectivity index (χ1) is 11.7. The molecule has 0 atom stereocenters. The Morgan fingerprint density at radius 2 is 1.92 bits per heavy atom. The van der Waals surface area contributed by atoms with Crippen LogP contribution in [0.4, 0.5) is 17.2 Å². The number of aldehydes is 1. The fraction of sp³-hybridized carbons (Fsp3) is 0.0556. The van der Waals surface area contributed by atoms with Crippen molar-refractivity contribution < 1.29 is 9.53 Å². The van der Waals surface area contributed by atoms with Crippen LogP contribution in [0.25, 0.3) is 10.8 Å². The van der Waals surface area contributed by atoms with Crippen LogP contribution in [0.5, 0.6) is 11.5 Å². The van der Waals surface area contributed by atoms with Crippen molar-refractivity contribution in [1.82, 2.24) is 4.98 Å². The van der Waals surface area contributed by atoms with Crippen molar-refractivity contribution in [2.75, 3.05) is 18.1 Å². The number of rotatable bonds is 5. The second-order valence-electron chi connectivity index (χ2n) is 4.97. The van der Waals surface area contributed by atoms with Gasteiger partial charge in [-0.2, -0.15) is 0 Å². The number of nitrogens with two attached hydrogens (primary N) is 1. The quantitative estimate of drug-likeness (QED) is 0.426. The first-order valence-electron chi connectivity index (χ1n) is 7.34. The summed E-state index contributed by atoms with van der Waals surface area (Å²) in [6, 6.07) is 13.0. The molecule has 6 heteroatoms. The molecule has 120 valence electrons. The Labute approximate surface area is 139 Å². The molecule has 0 aliphatic heterocycles. The molecule has 0 radical (unpaired) electrons. The Morgan fingerprint density at radius 3 is 2.67 bits per heavy atom. The van der Waals surface area contributed by atoms with Crippen LogP contribution in [0, 0.1) is 0 Å². The van der Waals surface area contributed by atoms with E-state index in [9.17, 15) is 4.79 Å². The molecule has 0 saturated heterocycles. The zero-order valence-corrected chi connectivity index (χ0v) is 13.1. The van der Waals surface area contributed by atoms with Gasteiger partial charge >= 0.3 is 0 Å². The van der Waals surface area contributed by atoms with Gasteiger partial charge in [0.25, 0.3) is 0 Å². The van der Waals surface area contributed by atoms with Gasteiger partial charge in [-0.1, -0.05) is 24.3 Å².